The number of aromatic nitrogens is 2. The third-order valence-corrected chi connectivity index (χ3v) is 4.63. The van der Waals surface area contributed by atoms with Crippen molar-refractivity contribution >= 4 is 11.6 Å². The van der Waals surface area contributed by atoms with E-state index in [-0.39, 0.29) is 11.5 Å². The van der Waals surface area contributed by atoms with Crippen molar-refractivity contribution in [1.29, 1.82) is 0 Å². The van der Waals surface area contributed by atoms with Crippen LogP contribution in [0, 0.1) is 6.92 Å². The van der Waals surface area contributed by atoms with Crippen LogP contribution in [0.3, 0.4) is 0 Å². The van der Waals surface area contributed by atoms with E-state index in [9.17, 15) is 9.59 Å². The fraction of sp³-hybridized carbons (Fsp3) is 0.421. The maximum atomic E-state index is 12.8. The average molecular weight is 371 g/mol. The molecule has 144 valence electrons. The van der Waals surface area contributed by atoms with Gasteiger partial charge in [-0.05, 0) is 18.6 Å². The Hall–Kier alpha value is -2.87. The zero-order valence-electron chi connectivity index (χ0n) is 15.7. The number of nitrogens with zero attached hydrogens (tertiary/aromatic N) is 2. The molecule has 0 bridgehead atoms. The Morgan fingerprint density at radius 2 is 2.22 bits per heavy atom. The largest absolute Gasteiger partial charge is 0.496 e. The fourth-order valence-corrected chi connectivity index (χ4v) is 3.24. The Kier molecular flexibility index (Phi) is 6.08. The summed E-state index contributed by atoms with van der Waals surface area (Å²) in [6.45, 7) is 4.96. The van der Waals surface area contributed by atoms with Crippen LogP contribution in [0.5, 0.6) is 5.75 Å². The van der Waals surface area contributed by atoms with E-state index in [2.05, 4.69) is 20.9 Å². The standard InChI is InChI=1S/C19H25N5O3/c1-13-12-21-5-3-14(13)22-7-8-23-19(26)18-15-4-6-20-9-10-24(15)17(25)11-16(18)27-2/h3,5,11-12,20H,4,6-10H2,1-2H3,(H,21,22)(H,23,26). The molecule has 0 aromatic carbocycles. The van der Waals surface area contributed by atoms with E-state index < -0.39 is 0 Å². The number of carbonyl (C=O) groups excluding carboxylic acids is 1. The molecule has 27 heavy (non-hydrogen) atoms. The molecule has 3 heterocycles. The smallest absolute Gasteiger partial charge is 0.256 e. The molecule has 0 atom stereocenters. The molecule has 3 N–H and O–H groups in total. The second-order valence-corrected chi connectivity index (χ2v) is 6.40. The van der Waals surface area contributed by atoms with E-state index in [0.717, 1.165) is 23.5 Å². The average Bonchev–Trinajstić information content (AvgIpc) is 2.92. The molecule has 0 unspecified atom stereocenters. The topological polar surface area (TPSA) is 97.3 Å². The van der Waals surface area contributed by atoms with Gasteiger partial charge in [0.15, 0.2) is 0 Å². The fourth-order valence-electron chi connectivity index (χ4n) is 3.24. The Balaban J connectivity index is 1.72. The van der Waals surface area contributed by atoms with E-state index in [1.807, 2.05) is 13.0 Å². The predicted molar refractivity (Wildman–Crippen MR) is 104 cm³/mol. The van der Waals surface area contributed by atoms with Crippen LogP contribution in [0.2, 0.25) is 0 Å². The van der Waals surface area contributed by atoms with Crippen LogP contribution >= 0.6 is 0 Å². The molecule has 0 fully saturated rings. The Labute approximate surface area is 158 Å². The summed E-state index contributed by atoms with van der Waals surface area (Å²) in [6, 6.07) is 3.29. The van der Waals surface area contributed by atoms with Crippen molar-refractivity contribution in [2.75, 3.05) is 38.6 Å². The number of pyridine rings is 2. The number of amides is 1. The normalized spacial score (nSPS) is 13.4. The van der Waals surface area contributed by atoms with Gasteiger partial charge in [-0.2, -0.15) is 0 Å². The quantitative estimate of drug-likeness (QED) is 0.642. The number of hydrogen-bond donors (Lipinski definition) is 3. The van der Waals surface area contributed by atoms with E-state index in [4.69, 9.17) is 4.74 Å². The lowest BCUT2D eigenvalue weighted by molar-refractivity contribution is 0.0950. The van der Waals surface area contributed by atoms with Gasteiger partial charge in [0.25, 0.3) is 11.5 Å². The number of anilines is 1. The SMILES string of the molecule is COc1cc(=O)n2c(c1C(=O)NCCNc1ccncc1C)CCNCC2. The summed E-state index contributed by atoms with van der Waals surface area (Å²) in [6.07, 6.45) is 4.12. The monoisotopic (exact) mass is 371 g/mol. The van der Waals surface area contributed by atoms with Crippen LogP contribution in [-0.4, -0.2) is 48.7 Å². The van der Waals surface area contributed by atoms with Crippen LogP contribution in [-0.2, 0) is 13.0 Å². The van der Waals surface area contributed by atoms with Crippen molar-refractivity contribution in [3.8, 4) is 5.75 Å². The number of carbonyl (C=O) groups is 1. The van der Waals surface area contributed by atoms with Crippen LogP contribution in [0.1, 0.15) is 21.6 Å². The summed E-state index contributed by atoms with van der Waals surface area (Å²) < 4.78 is 6.99. The molecule has 1 aliphatic rings. The predicted octanol–water partition coefficient (Wildman–Crippen LogP) is 0.548. The van der Waals surface area contributed by atoms with E-state index >= 15 is 0 Å². The number of nitrogens with one attached hydrogen (secondary N) is 3. The maximum absolute atomic E-state index is 12.8. The molecule has 0 saturated carbocycles. The Morgan fingerprint density at radius 3 is 3.00 bits per heavy atom. The minimum atomic E-state index is -0.231. The molecule has 3 rings (SSSR count). The lowest BCUT2D eigenvalue weighted by Gasteiger charge is -2.17. The Bertz CT molecular complexity index is 878. The second-order valence-electron chi connectivity index (χ2n) is 6.40. The molecule has 0 spiro atoms. The lowest BCUT2D eigenvalue weighted by Crippen LogP contribution is -2.33. The first-order chi connectivity index (χ1) is 13.1. The van der Waals surface area contributed by atoms with Crippen LogP contribution in [0.25, 0.3) is 0 Å². The highest BCUT2D eigenvalue weighted by Crippen LogP contribution is 2.21. The van der Waals surface area contributed by atoms with Gasteiger partial charge in [0.1, 0.15) is 11.3 Å². The molecular weight excluding hydrogens is 346 g/mol. The number of aryl methyl sites for hydroxylation is 1. The van der Waals surface area contributed by atoms with Crippen molar-refractivity contribution in [3.63, 3.8) is 0 Å². The number of ether oxygens (including phenoxy) is 1. The first-order valence-corrected chi connectivity index (χ1v) is 9.06. The third kappa shape index (κ3) is 4.28. The summed E-state index contributed by atoms with van der Waals surface area (Å²) >= 11 is 0. The molecule has 2 aromatic heterocycles. The zero-order chi connectivity index (χ0) is 19.2. The number of methoxy groups -OCH3 is 1. The minimum absolute atomic E-state index is 0.142. The van der Waals surface area contributed by atoms with Gasteiger partial charge in [-0.25, -0.2) is 0 Å². The van der Waals surface area contributed by atoms with Crippen LogP contribution in [0.4, 0.5) is 5.69 Å². The van der Waals surface area contributed by atoms with Crippen molar-refractivity contribution in [3.05, 3.63) is 51.7 Å². The molecule has 0 aliphatic carbocycles. The summed E-state index contributed by atoms with van der Waals surface area (Å²) in [4.78, 5) is 29.2. The molecule has 1 amide bonds. The van der Waals surface area contributed by atoms with Crippen molar-refractivity contribution in [2.24, 2.45) is 0 Å². The number of fused-ring (bicyclic) bond motifs is 1. The summed E-state index contributed by atoms with van der Waals surface area (Å²) in [5, 5.41) is 9.45. The van der Waals surface area contributed by atoms with Gasteiger partial charge in [0, 0.05) is 69.0 Å². The molecule has 0 radical (unpaired) electrons. The van der Waals surface area contributed by atoms with Crippen molar-refractivity contribution in [1.82, 2.24) is 20.2 Å². The van der Waals surface area contributed by atoms with E-state index in [1.165, 1.54) is 13.2 Å². The summed E-state index contributed by atoms with van der Waals surface area (Å²) in [5.74, 6) is 0.0920. The first-order valence-electron chi connectivity index (χ1n) is 9.06. The highest BCUT2D eigenvalue weighted by molar-refractivity contribution is 5.98. The molecule has 8 nitrogen and oxygen atoms in total. The van der Waals surface area contributed by atoms with E-state index in [0.29, 0.717) is 43.9 Å². The van der Waals surface area contributed by atoms with Crippen LogP contribution < -0.4 is 26.2 Å². The molecular formula is C19H25N5O3. The van der Waals surface area contributed by atoms with Gasteiger partial charge >= 0.3 is 0 Å². The van der Waals surface area contributed by atoms with Crippen molar-refractivity contribution in [2.45, 2.75) is 19.9 Å². The molecule has 0 saturated heterocycles. The summed E-state index contributed by atoms with van der Waals surface area (Å²) in [7, 11) is 1.48. The van der Waals surface area contributed by atoms with Gasteiger partial charge < -0.3 is 25.3 Å². The first kappa shape index (κ1) is 18.9. The molecule has 2 aromatic rings. The molecule has 8 heteroatoms. The van der Waals surface area contributed by atoms with Crippen molar-refractivity contribution < 1.29 is 9.53 Å². The van der Waals surface area contributed by atoms with Gasteiger partial charge in [-0.15, -0.1) is 0 Å². The van der Waals surface area contributed by atoms with Gasteiger partial charge in [0.05, 0.1) is 7.11 Å². The molecule has 1 aliphatic heterocycles. The van der Waals surface area contributed by atoms with Gasteiger partial charge in [-0.1, -0.05) is 0 Å². The Morgan fingerprint density at radius 1 is 1.37 bits per heavy atom. The minimum Gasteiger partial charge on any atom is -0.496 e. The zero-order valence-corrected chi connectivity index (χ0v) is 15.7. The number of hydrogen-bond acceptors (Lipinski definition) is 6. The summed E-state index contributed by atoms with van der Waals surface area (Å²) in [5.41, 5.74) is 3.06. The van der Waals surface area contributed by atoms with Crippen LogP contribution in [0.15, 0.2) is 29.3 Å². The second kappa shape index (κ2) is 8.68. The highest BCUT2D eigenvalue weighted by atomic mass is 16.5. The number of rotatable bonds is 6. The van der Waals surface area contributed by atoms with Gasteiger partial charge in [-0.3, -0.25) is 14.6 Å². The van der Waals surface area contributed by atoms with E-state index in [1.54, 1.807) is 17.0 Å². The maximum Gasteiger partial charge on any atom is 0.256 e. The highest BCUT2D eigenvalue weighted by Gasteiger charge is 2.23. The third-order valence-electron chi connectivity index (χ3n) is 4.63. The lowest BCUT2D eigenvalue weighted by atomic mass is 10.1. The van der Waals surface area contributed by atoms with Gasteiger partial charge in [0.2, 0.25) is 0 Å².